The van der Waals surface area contributed by atoms with E-state index in [1.54, 1.807) is 0 Å². The van der Waals surface area contributed by atoms with Crippen molar-refractivity contribution in [1.29, 1.82) is 0 Å². The predicted molar refractivity (Wildman–Crippen MR) is 90.5 cm³/mol. The Balaban J connectivity index is 1.83. The summed E-state index contributed by atoms with van der Waals surface area (Å²) in [4.78, 5) is 4.70. The molecule has 0 bridgehead atoms. The van der Waals surface area contributed by atoms with Crippen LogP contribution in [0.1, 0.15) is 11.1 Å². The number of aliphatic imine (C=N–C) groups is 1. The average molecular weight is 271 g/mol. The van der Waals surface area contributed by atoms with Gasteiger partial charge in [-0.15, -0.1) is 0 Å². The molecule has 3 rings (SSSR count). The number of rotatable bonds is 3. The van der Waals surface area contributed by atoms with Gasteiger partial charge in [-0.3, -0.25) is 4.99 Å². The molecule has 2 aromatic rings. The van der Waals surface area contributed by atoms with Crippen LogP contribution in [-0.4, -0.2) is 12.3 Å². The van der Waals surface area contributed by atoms with Gasteiger partial charge in [-0.05, 0) is 22.8 Å². The molecule has 0 saturated heterocycles. The van der Waals surface area contributed by atoms with Crippen LogP contribution >= 0.6 is 0 Å². The van der Waals surface area contributed by atoms with E-state index in [2.05, 4.69) is 66.8 Å². The van der Waals surface area contributed by atoms with Gasteiger partial charge in [0, 0.05) is 6.21 Å². The Labute approximate surface area is 125 Å². The highest BCUT2D eigenvalue weighted by atomic mass is 14.8. The molecule has 1 unspecified atom stereocenters. The van der Waals surface area contributed by atoms with E-state index in [0.717, 1.165) is 5.56 Å². The van der Waals surface area contributed by atoms with Crippen molar-refractivity contribution in [2.24, 2.45) is 4.99 Å². The fourth-order valence-corrected chi connectivity index (χ4v) is 2.26. The highest BCUT2D eigenvalue weighted by Crippen LogP contribution is 2.18. The number of allylic oxidation sites excluding steroid dienone is 2. The quantitative estimate of drug-likeness (QED) is 0.718. The lowest BCUT2D eigenvalue weighted by Crippen LogP contribution is -2.06. The van der Waals surface area contributed by atoms with Gasteiger partial charge >= 0.3 is 0 Å². The average Bonchev–Trinajstić information content (AvgIpc) is 2.56. The third-order valence-electron chi connectivity index (χ3n) is 3.35. The summed E-state index contributed by atoms with van der Waals surface area (Å²) >= 11 is 0. The SMILES string of the molecule is C1=CC(=Cc2ccccc2)C(N=Cc2ccccc2)C=C1. The molecule has 2 aromatic carbocycles. The van der Waals surface area contributed by atoms with Gasteiger partial charge in [0.2, 0.25) is 0 Å². The van der Waals surface area contributed by atoms with Crippen molar-refractivity contribution >= 4 is 12.3 Å². The summed E-state index contributed by atoms with van der Waals surface area (Å²) in [5.41, 5.74) is 3.53. The monoisotopic (exact) mass is 271 g/mol. The van der Waals surface area contributed by atoms with E-state index in [1.165, 1.54) is 11.1 Å². The lowest BCUT2D eigenvalue weighted by Gasteiger charge is -2.12. The molecule has 1 aliphatic carbocycles. The van der Waals surface area contributed by atoms with Crippen LogP contribution < -0.4 is 0 Å². The van der Waals surface area contributed by atoms with Crippen molar-refractivity contribution in [3.8, 4) is 0 Å². The minimum Gasteiger partial charge on any atom is -0.280 e. The number of hydrogen-bond acceptors (Lipinski definition) is 1. The number of benzene rings is 2. The van der Waals surface area contributed by atoms with Gasteiger partial charge in [-0.25, -0.2) is 0 Å². The normalized spacial score (nSPS) is 19.4. The Morgan fingerprint density at radius 1 is 0.762 bits per heavy atom. The summed E-state index contributed by atoms with van der Waals surface area (Å²) in [6.07, 6.45) is 12.5. The Morgan fingerprint density at radius 2 is 1.43 bits per heavy atom. The maximum atomic E-state index is 4.70. The maximum Gasteiger partial charge on any atom is 0.0933 e. The van der Waals surface area contributed by atoms with E-state index in [9.17, 15) is 0 Å². The first-order chi connectivity index (χ1) is 10.4. The standard InChI is InChI=1S/C20H17N/c1-3-9-17(10-4-1)15-19-13-7-8-14-20(19)21-16-18-11-5-2-6-12-18/h1-16,20H. The molecule has 21 heavy (non-hydrogen) atoms. The number of hydrogen-bond donors (Lipinski definition) is 0. The van der Waals surface area contributed by atoms with E-state index >= 15 is 0 Å². The second-order valence-corrected chi connectivity index (χ2v) is 4.93. The number of nitrogens with zero attached hydrogens (tertiary/aromatic N) is 1. The first-order valence-corrected chi connectivity index (χ1v) is 7.11. The fraction of sp³-hybridized carbons (Fsp3) is 0.0500. The van der Waals surface area contributed by atoms with Crippen molar-refractivity contribution in [3.63, 3.8) is 0 Å². The van der Waals surface area contributed by atoms with Crippen LogP contribution in [0.25, 0.3) is 6.08 Å². The molecule has 0 heterocycles. The lowest BCUT2D eigenvalue weighted by molar-refractivity contribution is 0.985. The largest absolute Gasteiger partial charge is 0.280 e. The van der Waals surface area contributed by atoms with Gasteiger partial charge in [-0.1, -0.05) is 85.0 Å². The summed E-state index contributed by atoms with van der Waals surface area (Å²) < 4.78 is 0. The first kappa shape index (κ1) is 13.3. The van der Waals surface area contributed by atoms with Crippen molar-refractivity contribution in [2.75, 3.05) is 0 Å². The molecule has 0 aromatic heterocycles. The van der Waals surface area contributed by atoms with Crippen molar-refractivity contribution < 1.29 is 0 Å². The zero-order valence-corrected chi connectivity index (χ0v) is 11.8. The van der Waals surface area contributed by atoms with Gasteiger partial charge in [0.1, 0.15) is 0 Å². The van der Waals surface area contributed by atoms with Crippen molar-refractivity contribution in [1.82, 2.24) is 0 Å². The van der Waals surface area contributed by atoms with E-state index in [-0.39, 0.29) is 6.04 Å². The zero-order valence-electron chi connectivity index (χ0n) is 11.8. The Morgan fingerprint density at radius 3 is 2.14 bits per heavy atom. The molecule has 1 atom stereocenters. The van der Waals surface area contributed by atoms with E-state index in [0.29, 0.717) is 0 Å². The Hall–Kier alpha value is -2.67. The molecular formula is C20H17N. The fourth-order valence-electron chi connectivity index (χ4n) is 2.26. The molecule has 1 heteroatoms. The van der Waals surface area contributed by atoms with Crippen LogP contribution in [0.3, 0.4) is 0 Å². The van der Waals surface area contributed by atoms with Crippen molar-refractivity contribution in [3.05, 3.63) is 102 Å². The minimum absolute atomic E-state index is 0.0791. The summed E-state index contributed by atoms with van der Waals surface area (Å²) in [7, 11) is 0. The molecule has 0 N–H and O–H groups in total. The predicted octanol–water partition coefficient (Wildman–Crippen LogP) is 4.68. The van der Waals surface area contributed by atoms with Crippen LogP contribution in [0.4, 0.5) is 0 Å². The Bertz CT molecular complexity index is 691. The van der Waals surface area contributed by atoms with E-state index < -0.39 is 0 Å². The molecule has 0 aliphatic heterocycles. The molecule has 102 valence electrons. The van der Waals surface area contributed by atoms with Crippen LogP contribution in [0.2, 0.25) is 0 Å². The molecule has 1 nitrogen and oxygen atoms in total. The molecule has 0 radical (unpaired) electrons. The molecule has 0 fully saturated rings. The van der Waals surface area contributed by atoms with Gasteiger partial charge in [0.15, 0.2) is 0 Å². The first-order valence-electron chi connectivity index (χ1n) is 7.11. The van der Waals surface area contributed by atoms with E-state index in [4.69, 9.17) is 4.99 Å². The zero-order chi connectivity index (χ0) is 14.3. The highest BCUT2D eigenvalue weighted by molar-refractivity contribution is 5.80. The van der Waals surface area contributed by atoms with Crippen LogP contribution in [0.5, 0.6) is 0 Å². The van der Waals surface area contributed by atoms with Gasteiger partial charge in [0.05, 0.1) is 6.04 Å². The topological polar surface area (TPSA) is 12.4 Å². The third-order valence-corrected chi connectivity index (χ3v) is 3.35. The van der Waals surface area contributed by atoms with Crippen LogP contribution in [0.15, 0.2) is 95.5 Å². The van der Waals surface area contributed by atoms with Crippen LogP contribution in [-0.2, 0) is 0 Å². The van der Waals surface area contributed by atoms with Gasteiger partial charge in [-0.2, -0.15) is 0 Å². The lowest BCUT2D eigenvalue weighted by atomic mass is 10.00. The van der Waals surface area contributed by atoms with E-state index in [1.807, 2.05) is 30.5 Å². The van der Waals surface area contributed by atoms with Crippen molar-refractivity contribution in [2.45, 2.75) is 6.04 Å². The van der Waals surface area contributed by atoms with Gasteiger partial charge < -0.3 is 0 Å². The maximum absolute atomic E-state index is 4.70. The molecule has 0 amide bonds. The second-order valence-electron chi connectivity index (χ2n) is 4.93. The molecule has 0 spiro atoms. The third kappa shape index (κ3) is 3.67. The summed E-state index contributed by atoms with van der Waals surface area (Å²) in [6.45, 7) is 0. The second kappa shape index (κ2) is 6.67. The summed E-state index contributed by atoms with van der Waals surface area (Å²) in [5.74, 6) is 0. The Kier molecular flexibility index (Phi) is 4.23. The molecular weight excluding hydrogens is 254 g/mol. The molecule has 0 saturated carbocycles. The minimum atomic E-state index is 0.0791. The van der Waals surface area contributed by atoms with Gasteiger partial charge in [0.25, 0.3) is 0 Å². The summed E-state index contributed by atoms with van der Waals surface area (Å²) in [6, 6.07) is 20.6. The highest BCUT2D eigenvalue weighted by Gasteiger charge is 2.08. The molecule has 1 aliphatic rings. The summed E-state index contributed by atoms with van der Waals surface area (Å²) in [5, 5.41) is 0. The van der Waals surface area contributed by atoms with Crippen LogP contribution in [0, 0.1) is 0 Å². The smallest absolute Gasteiger partial charge is 0.0933 e.